The van der Waals surface area contributed by atoms with Gasteiger partial charge in [0.25, 0.3) is 0 Å². The number of furan rings is 1. The molecule has 0 bridgehead atoms. The van der Waals surface area contributed by atoms with Gasteiger partial charge in [-0.2, -0.15) is 0 Å². The number of rotatable bonds is 5. The topological polar surface area (TPSA) is 42.7 Å². The summed E-state index contributed by atoms with van der Waals surface area (Å²) in [5, 5.41) is 2.03. The molecular formula is C26H27Cl2NO3. The molecule has 0 radical (unpaired) electrons. The van der Waals surface area contributed by atoms with Crippen LogP contribution in [0.3, 0.4) is 0 Å². The van der Waals surface area contributed by atoms with Gasteiger partial charge in [0.2, 0.25) is 5.91 Å². The van der Waals surface area contributed by atoms with E-state index in [1.54, 1.807) is 31.6 Å². The highest BCUT2D eigenvalue weighted by Gasteiger charge is 2.24. The normalized spacial score (nSPS) is 17.1. The number of methoxy groups -OCH3 is 1. The van der Waals surface area contributed by atoms with Crippen molar-refractivity contribution in [3.8, 4) is 16.9 Å². The SMILES string of the molecule is CCC1CCCCN1C(=O)/C=C(\C)c1cc2c(-c3ccc(Cl)cc3Cl)coc2cc1OC. The Morgan fingerprint density at radius 2 is 2.03 bits per heavy atom. The largest absolute Gasteiger partial charge is 0.496 e. The number of nitrogens with zero attached hydrogens (tertiary/aromatic N) is 1. The van der Waals surface area contributed by atoms with Crippen molar-refractivity contribution in [1.29, 1.82) is 0 Å². The Hall–Kier alpha value is -2.43. The van der Waals surface area contributed by atoms with Crippen LogP contribution in [-0.2, 0) is 4.79 Å². The van der Waals surface area contributed by atoms with Gasteiger partial charge >= 0.3 is 0 Å². The lowest BCUT2D eigenvalue weighted by Gasteiger charge is -2.34. The summed E-state index contributed by atoms with van der Waals surface area (Å²) >= 11 is 12.5. The molecule has 168 valence electrons. The highest BCUT2D eigenvalue weighted by molar-refractivity contribution is 6.36. The molecule has 2 heterocycles. The summed E-state index contributed by atoms with van der Waals surface area (Å²) in [4.78, 5) is 15.1. The van der Waals surface area contributed by atoms with Crippen LogP contribution in [0.2, 0.25) is 10.0 Å². The van der Waals surface area contributed by atoms with E-state index in [0.717, 1.165) is 53.5 Å². The van der Waals surface area contributed by atoms with Gasteiger partial charge in [-0.15, -0.1) is 0 Å². The minimum Gasteiger partial charge on any atom is -0.496 e. The van der Waals surface area contributed by atoms with E-state index in [1.165, 1.54) is 6.42 Å². The number of benzene rings is 2. The number of ether oxygens (including phenoxy) is 1. The minimum absolute atomic E-state index is 0.0596. The van der Waals surface area contributed by atoms with Crippen LogP contribution < -0.4 is 4.74 Å². The Balaban J connectivity index is 1.75. The second kappa shape index (κ2) is 9.60. The molecule has 1 amide bonds. The second-order valence-electron chi connectivity index (χ2n) is 8.24. The number of allylic oxidation sites excluding steroid dienone is 1. The van der Waals surface area contributed by atoms with Crippen molar-refractivity contribution in [1.82, 2.24) is 4.90 Å². The standard InChI is InChI=1S/C26H27Cl2NO3/c1-4-18-7-5-6-10-29(18)26(30)11-16(2)20-13-21-22(15-32-25(21)14-24(20)31-3)19-9-8-17(27)12-23(19)28/h8-9,11-15,18H,4-7,10H2,1-3H3/b16-11+. The van der Waals surface area contributed by atoms with Gasteiger partial charge in [-0.05, 0) is 56.4 Å². The van der Waals surface area contributed by atoms with E-state index in [0.29, 0.717) is 27.4 Å². The smallest absolute Gasteiger partial charge is 0.247 e. The van der Waals surface area contributed by atoms with E-state index in [1.807, 2.05) is 30.0 Å². The van der Waals surface area contributed by atoms with Crippen molar-refractivity contribution in [2.75, 3.05) is 13.7 Å². The van der Waals surface area contributed by atoms with Gasteiger partial charge in [0.05, 0.1) is 18.4 Å². The first kappa shape index (κ1) is 22.8. The van der Waals surface area contributed by atoms with Crippen molar-refractivity contribution >= 4 is 45.7 Å². The number of amides is 1. The Morgan fingerprint density at radius 3 is 2.75 bits per heavy atom. The Bertz CT molecular complexity index is 1180. The summed E-state index contributed by atoms with van der Waals surface area (Å²) in [6, 6.07) is 9.58. The number of hydrogen-bond acceptors (Lipinski definition) is 3. The number of hydrogen-bond donors (Lipinski definition) is 0. The maximum absolute atomic E-state index is 13.1. The van der Waals surface area contributed by atoms with Crippen LogP contribution >= 0.6 is 23.2 Å². The molecule has 3 aromatic rings. The van der Waals surface area contributed by atoms with E-state index >= 15 is 0 Å². The van der Waals surface area contributed by atoms with E-state index in [9.17, 15) is 4.79 Å². The number of carbonyl (C=O) groups excluding carboxylic acids is 1. The molecule has 6 heteroatoms. The molecule has 1 aliphatic rings. The fourth-order valence-electron chi connectivity index (χ4n) is 4.51. The summed E-state index contributed by atoms with van der Waals surface area (Å²) in [5.41, 5.74) is 4.09. The molecule has 2 aromatic carbocycles. The highest BCUT2D eigenvalue weighted by Crippen LogP contribution is 2.40. The molecule has 0 N–H and O–H groups in total. The predicted molar refractivity (Wildman–Crippen MR) is 132 cm³/mol. The van der Waals surface area contributed by atoms with Crippen molar-refractivity contribution in [3.63, 3.8) is 0 Å². The first-order chi connectivity index (χ1) is 15.4. The van der Waals surface area contributed by atoms with Gasteiger partial charge in [-0.3, -0.25) is 4.79 Å². The molecule has 4 rings (SSSR count). The van der Waals surface area contributed by atoms with Crippen molar-refractivity contribution in [2.24, 2.45) is 0 Å². The molecule has 32 heavy (non-hydrogen) atoms. The second-order valence-corrected chi connectivity index (χ2v) is 9.08. The molecule has 1 atom stereocenters. The quantitative estimate of drug-likeness (QED) is 0.359. The fourth-order valence-corrected chi connectivity index (χ4v) is 5.02. The van der Waals surface area contributed by atoms with Crippen LogP contribution in [0.1, 0.15) is 45.1 Å². The van der Waals surface area contributed by atoms with Crippen molar-refractivity contribution in [3.05, 3.63) is 58.3 Å². The predicted octanol–water partition coefficient (Wildman–Crippen LogP) is 7.61. The van der Waals surface area contributed by atoms with Crippen LogP contribution in [0.15, 0.2) is 47.1 Å². The van der Waals surface area contributed by atoms with Crippen LogP contribution in [0.5, 0.6) is 5.75 Å². The van der Waals surface area contributed by atoms with E-state index in [-0.39, 0.29) is 5.91 Å². The number of carbonyl (C=O) groups is 1. The molecule has 1 fully saturated rings. The van der Waals surface area contributed by atoms with Gasteiger partial charge in [-0.25, -0.2) is 0 Å². The number of fused-ring (bicyclic) bond motifs is 1. The van der Waals surface area contributed by atoms with Gasteiger partial charge in [0, 0.05) is 51.8 Å². The first-order valence-electron chi connectivity index (χ1n) is 11.0. The van der Waals surface area contributed by atoms with Crippen LogP contribution in [0, 0.1) is 0 Å². The molecule has 1 aromatic heterocycles. The number of piperidine rings is 1. The van der Waals surface area contributed by atoms with Crippen LogP contribution in [0.4, 0.5) is 0 Å². The molecule has 4 nitrogen and oxygen atoms in total. The van der Waals surface area contributed by atoms with Crippen LogP contribution in [0.25, 0.3) is 27.7 Å². The summed E-state index contributed by atoms with van der Waals surface area (Å²) in [6.07, 6.45) is 7.72. The van der Waals surface area contributed by atoms with Gasteiger partial charge in [-0.1, -0.05) is 36.2 Å². The first-order valence-corrected chi connectivity index (χ1v) is 11.7. The van der Waals surface area contributed by atoms with Gasteiger partial charge < -0.3 is 14.1 Å². The zero-order chi connectivity index (χ0) is 22.8. The summed E-state index contributed by atoms with van der Waals surface area (Å²) in [7, 11) is 1.62. The molecule has 0 spiro atoms. The molecular weight excluding hydrogens is 445 g/mol. The molecule has 1 saturated heterocycles. The minimum atomic E-state index is 0.0596. The summed E-state index contributed by atoms with van der Waals surface area (Å²) in [5.74, 6) is 0.720. The lowest BCUT2D eigenvalue weighted by molar-refractivity contribution is -0.129. The lowest BCUT2D eigenvalue weighted by atomic mass is 9.97. The zero-order valence-corrected chi connectivity index (χ0v) is 20.1. The zero-order valence-electron chi connectivity index (χ0n) is 18.6. The highest BCUT2D eigenvalue weighted by atomic mass is 35.5. The number of halogens is 2. The third kappa shape index (κ3) is 4.39. The van der Waals surface area contributed by atoms with Crippen molar-refractivity contribution < 1.29 is 13.9 Å². The average Bonchev–Trinajstić information content (AvgIpc) is 3.20. The van der Waals surface area contributed by atoms with Crippen molar-refractivity contribution in [2.45, 2.75) is 45.6 Å². The Labute approximate surface area is 198 Å². The average molecular weight is 472 g/mol. The van der Waals surface area contributed by atoms with E-state index < -0.39 is 0 Å². The lowest BCUT2D eigenvalue weighted by Crippen LogP contribution is -2.42. The molecule has 1 aliphatic heterocycles. The molecule has 1 unspecified atom stereocenters. The summed E-state index contributed by atoms with van der Waals surface area (Å²) in [6.45, 7) is 4.91. The Kier molecular flexibility index (Phi) is 6.82. The molecule has 0 saturated carbocycles. The van der Waals surface area contributed by atoms with Gasteiger partial charge in [0.15, 0.2) is 0 Å². The third-order valence-corrected chi connectivity index (χ3v) is 6.81. The van der Waals surface area contributed by atoms with Gasteiger partial charge in [0.1, 0.15) is 11.3 Å². The maximum atomic E-state index is 13.1. The Morgan fingerprint density at radius 1 is 1.22 bits per heavy atom. The van der Waals surface area contributed by atoms with Crippen LogP contribution in [-0.4, -0.2) is 30.5 Å². The maximum Gasteiger partial charge on any atom is 0.247 e. The van der Waals surface area contributed by atoms with E-state index in [4.69, 9.17) is 32.4 Å². The molecule has 0 aliphatic carbocycles. The van der Waals surface area contributed by atoms with E-state index in [2.05, 4.69) is 6.92 Å². The monoisotopic (exact) mass is 471 g/mol. The summed E-state index contributed by atoms with van der Waals surface area (Å²) < 4.78 is 11.4. The third-order valence-electron chi connectivity index (χ3n) is 6.26. The number of likely N-dealkylation sites (tertiary alicyclic amines) is 1. The fraction of sp³-hybridized carbons (Fsp3) is 0.346.